The third-order valence-corrected chi connectivity index (χ3v) is 6.00. The summed E-state index contributed by atoms with van der Waals surface area (Å²) < 4.78 is 1.95. The smallest absolute Gasteiger partial charge is 0.252 e. The molecule has 0 radical (unpaired) electrons. The molecule has 7 heteroatoms. The molecule has 0 bridgehead atoms. The molecule has 132 valence electrons. The van der Waals surface area contributed by atoms with Crippen molar-refractivity contribution in [3.05, 3.63) is 40.1 Å². The zero-order chi connectivity index (χ0) is 17.6. The SMILES string of the molecule is Cc1sccc1C(=O)N[C@@H]1CCC(=O)N(C2CC2)[C@H]1c1cncn1C. The number of thiophene rings is 1. The summed E-state index contributed by atoms with van der Waals surface area (Å²) in [6.07, 6.45) is 6.80. The Morgan fingerprint density at radius 3 is 2.76 bits per heavy atom. The zero-order valence-electron chi connectivity index (χ0n) is 14.4. The molecule has 1 aliphatic heterocycles. The molecule has 2 atom stereocenters. The molecular weight excluding hydrogens is 336 g/mol. The quantitative estimate of drug-likeness (QED) is 0.913. The van der Waals surface area contributed by atoms with E-state index in [0.717, 1.165) is 29.0 Å². The van der Waals surface area contributed by atoms with Crippen molar-refractivity contribution in [1.29, 1.82) is 0 Å². The molecule has 2 aromatic rings. The van der Waals surface area contributed by atoms with E-state index in [1.54, 1.807) is 17.7 Å². The van der Waals surface area contributed by atoms with Gasteiger partial charge in [-0.1, -0.05) is 0 Å². The van der Waals surface area contributed by atoms with Gasteiger partial charge in [-0.15, -0.1) is 11.3 Å². The van der Waals surface area contributed by atoms with Gasteiger partial charge in [0, 0.05) is 24.4 Å². The molecule has 6 nitrogen and oxygen atoms in total. The first-order valence-electron chi connectivity index (χ1n) is 8.68. The second-order valence-electron chi connectivity index (χ2n) is 6.92. The second-order valence-corrected chi connectivity index (χ2v) is 8.04. The van der Waals surface area contributed by atoms with Crippen LogP contribution in [-0.4, -0.2) is 38.3 Å². The van der Waals surface area contributed by atoms with Crippen LogP contribution in [0.25, 0.3) is 0 Å². The topological polar surface area (TPSA) is 67.2 Å². The number of amides is 2. The van der Waals surface area contributed by atoms with Gasteiger partial charge in [-0.25, -0.2) is 4.98 Å². The summed E-state index contributed by atoms with van der Waals surface area (Å²) in [4.78, 5) is 32.6. The van der Waals surface area contributed by atoms with Crippen LogP contribution >= 0.6 is 11.3 Å². The summed E-state index contributed by atoms with van der Waals surface area (Å²) in [6.45, 7) is 1.96. The number of imidazole rings is 1. The van der Waals surface area contributed by atoms with Crippen LogP contribution in [0.4, 0.5) is 0 Å². The Balaban J connectivity index is 1.65. The first-order valence-corrected chi connectivity index (χ1v) is 9.56. The third kappa shape index (κ3) is 2.97. The number of carbonyl (C=O) groups excluding carboxylic acids is 2. The minimum Gasteiger partial charge on any atom is -0.347 e. The molecule has 0 unspecified atom stereocenters. The van der Waals surface area contributed by atoms with Gasteiger partial charge in [0.25, 0.3) is 5.91 Å². The van der Waals surface area contributed by atoms with E-state index in [1.165, 1.54) is 0 Å². The first-order chi connectivity index (χ1) is 12.1. The van der Waals surface area contributed by atoms with Crippen molar-refractivity contribution in [3.63, 3.8) is 0 Å². The Bertz CT molecular complexity index is 808. The van der Waals surface area contributed by atoms with Gasteiger partial charge in [0.05, 0.1) is 35.9 Å². The molecular formula is C18H22N4O2S. The van der Waals surface area contributed by atoms with E-state index >= 15 is 0 Å². The number of hydrogen-bond donors (Lipinski definition) is 1. The van der Waals surface area contributed by atoms with Crippen molar-refractivity contribution in [1.82, 2.24) is 19.8 Å². The minimum absolute atomic E-state index is 0.0546. The fraction of sp³-hybridized carbons (Fsp3) is 0.500. The lowest BCUT2D eigenvalue weighted by Gasteiger charge is -2.41. The monoisotopic (exact) mass is 358 g/mol. The fourth-order valence-electron chi connectivity index (χ4n) is 3.72. The molecule has 4 rings (SSSR count). The van der Waals surface area contributed by atoms with Gasteiger partial charge < -0.3 is 14.8 Å². The highest BCUT2D eigenvalue weighted by molar-refractivity contribution is 7.10. The van der Waals surface area contributed by atoms with E-state index in [0.29, 0.717) is 18.9 Å². The van der Waals surface area contributed by atoms with E-state index in [4.69, 9.17) is 0 Å². The lowest BCUT2D eigenvalue weighted by Crippen LogP contribution is -2.53. The number of piperidine rings is 1. The lowest BCUT2D eigenvalue weighted by molar-refractivity contribution is -0.138. The summed E-state index contributed by atoms with van der Waals surface area (Å²) in [7, 11) is 1.94. The van der Waals surface area contributed by atoms with Gasteiger partial charge in [-0.3, -0.25) is 9.59 Å². The van der Waals surface area contributed by atoms with Gasteiger partial charge in [0.15, 0.2) is 0 Å². The van der Waals surface area contributed by atoms with Crippen molar-refractivity contribution in [2.24, 2.45) is 7.05 Å². The molecule has 1 aliphatic carbocycles. The minimum atomic E-state index is -0.149. The Morgan fingerprint density at radius 1 is 1.36 bits per heavy atom. The van der Waals surface area contributed by atoms with Crippen LogP contribution in [0.5, 0.6) is 0 Å². The standard InChI is InChI=1S/C18H22N4O2S/c1-11-13(7-8-25-11)18(24)20-14-5-6-16(23)22(12-3-4-12)17(14)15-9-19-10-21(15)2/h7-10,12,14,17H,3-6H2,1-2H3,(H,20,24)/t14-,17-/m1/s1. The third-order valence-electron chi connectivity index (χ3n) is 5.16. The van der Waals surface area contributed by atoms with Crippen LogP contribution in [-0.2, 0) is 11.8 Å². The van der Waals surface area contributed by atoms with Gasteiger partial charge >= 0.3 is 0 Å². The summed E-state index contributed by atoms with van der Waals surface area (Å²) >= 11 is 1.57. The van der Waals surface area contributed by atoms with E-state index in [-0.39, 0.29) is 23.9 Å². The summed E-state index contributed by atoms with van der Waals surface area (Å²) in [5.41, 5.74) is 1.70. The van der Waals surface area contributed by atoms with E-state index in [2.05, 4.69) is 10.3 Å². The Morgan fingerprint density at radius 2 is 2.16 bits per heavy atom. The van der Waals surface area contributed by atoms with Crippen LogP contribution < -0.4 is 5.32 Å². The van der Waals surface area contributed by atoms with E-state index in [9.17, 15) is 9.59 Å². The molecule has 2 amide bonds. The average Bonchev–Trinajstić information content (AvgIpc) is 3.19. The van der Waals surface area contributed by atoms with Crippen molar-refractivity contribution in [3.8, 4) is 0 Å². The molecule has 2 fully saturated rings. The number of hydrogen-bond acceptors (Lipinski definition) is 4. The van der Waals surface area contributed by atoms with Crippen LogP contribution in [0.2, 0.25) is 0 Å². The maximum atomic E-state index is 12.7. The lowest BCUT2D eigenvalue weighted by atomic mass is 9.92. The maximum Gasteiger partial charge on any atom is 0.252 e. The molecule has 2 aromatic heterocycles. The molecule has 1 saturated heterocycles. The van der Waals surface area contributed by atoms with Crippen molar-refractivity contribution < 1.29 is 9.59 Å². The highest BCUT2D eigenvalue weighted by Crippen LogP contribution is 2.40. The van der Waals surface area contributed by atoms with Crippen LogP contribution in [0.15, 0.2) is 24.0 Å². The Kier molecular flexibility index (Phi) is 4.11. The number of nitrogens with zero attached hydrogens (tertiary/aromatic N) is 3. The molecule has 0 aromatic carbocycles. The van der Waals surface area contributed by atoms with Gasteiger partial charge in [-0.05, 0) is 37.6 Å². The highest BCUT2D eigenvalue weighted by atomic mass is 32.1. The molecule has 2 aliphatic rings. The van der Waals surface area contributed by atoms with Gasteiger partial charge in [0.1, 0.15) is 0 Å². The van der Waals surface area contributed by atoms with Crippen molar-refractivity contribution in [2.45, 2.75) is 50.7 Å². The number of aryl methyl sites for hydroxylation is 2. The predicted molar refractivity (Wildman–Crippen MR) is 95.4 cm³/mol. The molecule has 3 heterocycles. The number of rotatable bonds is 4. The molecule has 1 N–H and O–H groups in total. The number of nitrogens with one attached hydrogen (secondary N) is 1. The Hall–Kier alpha value is -2.15. The largest absolute Gasteiger partial charge is 0.347 e. The van der Waals surface area contributed by atoms with E-state index < -0.39 is 0 Å². The zero-order valence-corrected chi connectivity index (χ0v) is 15.3. The maximum absolute atomic E-state index is 12.7. The number of carbonyl (C=O) groups is 2. The van der Waals surface area contributed by atoms with Gasteiger partial charge in [0.2, 0.25) is 5.91 Å². The summed E-state index contributed by atoms with van der Waals surface area (Å²) in [6, 6.07) is 1.92. The molecule has 1 saturated carbocycles. The summed E-state index contributed by atoms with van der Waals surface area (Å²) in [5, 5.41) is 5.13. The number of aromatic nitrogens is 2. The molecule has 25 heavy (non-hydrogen) atoms. The normalized spacial score (nSPS) is 23.8. The summed E-state index contributed by atoms with van der Waals surface area (Å²) in [5.74, 6) is 0.131. The highest BCUT2D eigenvalue weighted by Gasteiger charge is 2.45. The van der Waals surface area contributed by atoms with Crippen molar-refractivity contribution in [2.75, 3.05) is 0 Å². The Labute approximate surface area is 150 Å². The number of likely N-dealkylation sites (tertiary alicyclic amines) is 1. The second kappa shape index (κ2) is 6.29. The van der Waals surface area contributed by atoms with E-state index in [1.807, 2.05) is 41.1 Å². The van der Waals surface area contributed by atoms with Crippen LogP contribution in [0.3, 0.4) is 0 Å². The van der Waals surface area contributed by atoms with Crippen molar-refractivity contribution >= 4 is 23.2 Å². The predicted octanol–water partition coefficient (Wildman–Crippen LogP) is 2.41. The fourth-order valence-corrected chi connectivity index (χ4v) is 4.41. The van der Waals surface area contributed by atoms with Gasteiger partial charge in [-0.2, -0.15) is 0 Å². The van der Waals surface area contributed by atoms with Crippen LogP contribution in [0, 0.1) is 6.92 Å². The average molecular weight is 358 g/mol. The van der Waals surface area contributed by atoms with Crippen LogP contribution in [0.1, 0.15) is 52.7 Å². The first kappa shape index (κ1) is 16.3. The molecule has 0 spiro atoms.